The van der Waals surface area contributed by atoms with Crippen LogP contribution in [0.1, 0.15) is 42.5 Å². The molecule has 2 unspecified atom stereocenters. The van der Waals surface area contributed by atoms with Gasteiger partial charge in [-0.2, -0.15) is 13.2 Å². The van der Waals surface area contributed by atoms with E-state index in [2.05, 4.69) is 4.98 Å². The van der Waals surface area contributed by atoms with Crippen LogP contribution in [0.5, 0.6) is 0 Å². The predicted molar refractivity (Wildman–Crippen MR) is 141 cm³/mol. The van der Waals surface area contributed by atoms with Crippen molar-refractivity contribution in [2.45, 2.75) is 50.9 Å². The molecule has 4 fully saturated rings. The molecular formula is C29H39F3N4O5. The molecule has 0 aromatic carbocycles. The summed E-state index contributed by atoms with van der Waals surface area (Å²) in [5.41, 5.74) is -0.477. The number of aromatic nitrogens is 1. The monoisotopic (exact) mass is 580 g/mol. The van der Waals surface area contributed by atoms with Crippen LogP contribution >= 0.6 is 0 Å². The smallest absolute Gasteiger partial charge is 0.379 e. The lowest BCUT2D eigenvalue weighted by Crippen LogP contribution is -2.51. The number of rotatable bonds is 4. The molecule has 0 N–H and O–H groups in total. The van der Waals surface area contributed by atoms with Crippen molar-refractivity contribution in [2.75, 3.05) is 66.3 Å². The minimum atomic E-state index is -4.49. The zero-order valence-electron chi connectivity index (χ0n) is 23.5. The lowest BCUT2D eigenvalue weighted by Gasteiger charge is -2.38. The van der Waals surface area contributed by atoms with E-state index < -0.39 is 17.2 Å². The number of nitrogens with zero attached hydrogens (tertiary/aromatic N) is 4. The quantitative estimate of drug-likeness (QED) is 0.544. The summed E-state index contributed by atoms with van der Waals surface area (Å²) < 4.78 is 57.0. The number of carbonyl (C=O) groups excluding carboxylic acids is 2. The Hall–Kier alpha value is -2.44. The Balaban J connectivity index is 1.23. The zero-order chi connectivity index (χ0) is 28.8. The van der Waals surface area contributed by atoms with Gasteiger partial charge >= 0.3 is 12.2 Å². The summed E-state index contributed by atoms with van der Waals surface area (Å²) in [7, 11) is 1.71. The number of methoxy groups -OCH3 is 1. The lowest BCUT2D eigenvalue weighted by molar-refractivity contribution is -0.144. The van der Waals surface area contributed by atoms with E-state index >= 15 is 0 Å². The molecule has 0 radical (unpaired) electrons. The summed E-state index contributed by atoms with van der Waals surface area (Å²) in [6.07, 6.45) is 0.195. The number of halogens is 3. The maximum Gasteiger partial charge on any atom is 0.417 e. The van der Waals surface area contributed by atoms with Crippen LogP contribution in [-0.4, -0.2) is 104 Å². The number of likely N-dealkylation sites (tertiary alicyclic amines) is 1. The van der Waals surface area contributed by atoms with E-state index in [0.717, 1.165) is 31.5 Å². The molecular weight excluding hydrogens is 541 g/mol. The van der Waals surface area contributed by atoms with Crippen molar-refractivity contribution in [3.8, 4) is 0 Å². The van der Waals surface area contributed by atoms with Crippen molar-refractivity contribution in [3.63, 3.8) is 0 Å². The van der Waals surface area contributed by atoms with Gasteiger partial charge < -0.3 is 28.9 Å². The van der Waals surface area contributed by atoms with Crippen molar-refractivity contribution in [2.24, 2.45) is 23.2 Å². The molecule has 5 aliphatic rings. The van der Waals surface area contributed by atoms with E-state index in [1.54, 1.807) is 16.9 Å². The number of morpholine rings is 1. The van der Waals surface area contributed by atoms with Gasteiger partial charge in [0.1, 0.15) is 0 Å². The first-order valence-corrected chi connectivity index (χ1v) is 14.7. The largest absolute Gasteiger partial charge is 0.417 e. The Kier molecular flexibility index (Phi) is 7.92. The Bertz CT molecular complexity index is 1150. The summed E-state index contributed by atoms with van der Waals surface area (Å²) >= 11 is 0. The molecule has 1 aromatic heterocycles. The summed E-state index contributed by atoms with van der Waals surface area (Å²) in [4.78, 5) is 37.4. The molecule has 5 atom stereocenters. The number of hydrogen-bond donors (Lipinski definition) is 0. The first kappa shape index (κ1) is 28.7. The van der Waals surface area contributed by atoms with Crippen LogP contribution in [0, 0.1) is 23.2 Å². The summed E-state index contributed by atoms with van der Waals surface area (Å²) in [5, 5.41) is 0. The Morgan fingerprint density at radius 2 is 1.93 bits per heavy atom. The summed E-state index contributed by atoms with van der Waals surface area (Å²) in [5.74, 6) is 0.623. The van der Waals surface area contributed by atoms with Gasteiger partial charge in [0.05, 0.1) is 36.9 Å². The lowest BCUT2D eigenvalue weighted by atomic mass is 9.78. The second-order valence-electron chi connectivity index (χ2n) is 12.4. The van der Waals surface area contributed by atoms with Gasteiger partial charge in [-0.15, -0.1) is 0 Å². The Morgan fingerprint density at radius 1 is 1.12 bits per heavy atom. The van der Waals surface area contributed by atoms with Crippen molar-refractivity contribution >= 4 is 11.9 Å². The van der Waals surface area contributed by atoms with Crippen LogP contribution in [0.25, 0.3) is 0 Å². The molecule has 6 rings (SSSR count). The maximum absolute atomic E-state index is 14.5. The van der Waals surface area contributed by atoms with Crippen LogP contribution < -0.4 is 0 Å². The van der Waals surface area contributed by atoms with Gasteiger partial charge in [-0.3, -0.25) is 9.78 Å². The normalized spacial score (nSPS) is 32.1. The summed E-state index contributed by atoms with van der Waals surface area (Å²) in [6, 6.07) is 1.08. The Morgan fingerprint density at radius 3 is 2.68 bits per heavy atom. The number of hydrogen-bond acceptors (Lipinski definition) is 6. The maximum atomic E-state index is 14.5. The van der Waals surface area contributed by atoms with E-state index in [-0.39, 0.29) is 30.5 Å². The highest BCUT2D eigenvalue weighted by Crippen LogP contribution is 2.55. The molecule has 5 heterocycles. The molecule has 0 spiro atoms. The van der Waals surface area contributed by atoms with E-state index in [1.165, 1.54) is 0 Å². The molecule has 1 aromatic rings. The van der Waals surface area contributed by atoms with E-state index in [0.29, 0.717) is 95.1 Å². The first-order valence-electron chi connectivity index (χ1n) is 14.7. The average molecular weight is 581 g/mol. The fraction of sp³-hybridized carbons (Fsp3) is 0.759. The van der Waals surface area contributed by atoms with Gasteiger partial charge in [-0.25, -0.2) is 4.79 Å². The van der Waals surface area contributed by atoms with E-state index in [1.807, 2.05) is 4.90 Å². The SMILES string of the molecule is COC1COCCC1C[C@@H]1C[C@H]2CN(C(=O)N3CCOCC3)C[C@@]2(C(=O)N2CCc3ncc(C(F)(F)F)cc3C2)C1. The molecule has 1 saturated carbocycles. The van der Waals surface area contributed by atoms with Crippen molar-refractivity contribution < 1.29 is 37.0 Å². The molecule has 41 heavy (non-hydrogen) atoms. The van der Waals surface area contributed by atoms with E-state index in [4.69, 9.17) is 14.2 Å². The molecule has 226 valence electrons. The van der Waals surface area contributed by atoms with Crippen LogP contribution in [0.4, 0.5) is 18.0 Å². The number of pyridine rings is 1. The average Bonchev–Trinajstić information content (AvgIpc) is 3.51. The van der Waals surface area contributed by atoms with Gasteiger partial charge in [0.15, 0.2) is 0 Å². The summed E-state index contributed by atoms with van der Waals surface area (Å²) in [6.45, 7) is 4.72. The third-order valence-electron chi connectivity index (χ3n) is 9.98. The minimum absolute atomic E-state index is 0.00635. The number of carbonyl (C=O) groups is 2. The van der Waals surface area contributed by atoms with Crippen molar-refractivity contribution in [3.05, 3.63) is 29.1 Å². The van der Waals surface area contributed by atoms with Crippen molar-refractivity contribution in [1.82, 2.24) is 19.7 Å². The number of urea groups is 1. The molecule has 4 aliphatic heterocycles. The molecule has 9 nitrogen and oxygen atoms in total. The van der Waals surface area contributed by atoms with Crippen LogP contribution in [-0.2, 0) is 38.1 Å². The number of alkyl halides is 3. The fourth-order valence-corrected chi connectivity index (χ4v) is 7.90. The second-order valence-corrected chi connectivity index (χ2v) is 12.4. The molecule has 3 amide bonds. The fourth-order valence-electron chi connectivity index (χ4n) is 7.90. The van der Waals surface area contributed by atoms with Gasteiger partial charge in [-0.1, -0.05) is 0 Å². The third kappa shape index (κ3) is 5.54. The van der Waals surface area contributed by atoms with Crippen molar-refractivity contribution in [1.29, 1.82) is 0 Å². The third-order valence-corrected chi connectivity index (χ3v) is 9.98. The van der Waals surface area contributed by atoms with Crippen LogP contribution in [0.15, 0.2) is 12.3 Å². The number of ether oxygens (including phenoxy) is 3. The standard InChI is InChI=1S/C29H39F3N4O5/c1-39-25-17-41-7-3-20(25)10-19-11-23-16-36(27(38)34-5-8-40-9-6-34)18-28(23,13-19)26(37)35-4-2-24-21(15-35)12-22(14-33-24)29(30,31)32/h12,14,19-20,23,25H,2-11,13,15-18H2,1H3/t19-,20?,23+,25?,28+/m1/s1. The van der Waals surface area contributed by atoms with E-state index in [9.17, 15) is 22.8 Å². The predicted octanol–water partition coefficient (Wildman–Crippen LogP) is 3.21. The highest BCUT2D eigenvalue weighted by Gasteiger charge is 2.60. The van der Waals surface area contributed by atoms with Crippen LogP contribution in [0.2, 0.25) is 0 Å². The Labute approximate surface area is 238 Å². The molecule has 3 saturated heterocycles. The van der Waals surface area contributed by atoms with Gasteiger partial charge in [0.25, 0.3) is 0 Å². The first-order chi connectivity index (χ1) is 19.7. The molecule has 1 aliphatic carbocycles. The zero-order valence-corrected chi connectivity index (χ0v) is 23.5. The second kappa shape index (κ2) is 11.3. The molecule has 12 heteroatoms. The highest BCUT2D eigenvalue weighted by atomic mass is 19.4. The highest BCUT2D eigenvalue weighted by molar-refractivity contribution is 5.86. The minimum Gasteiger partial charge on any atom is -0.379 e. The van der Waals surface area contributed by atoms with Crippen LogP contribution in [0.3, 0.4) is 0 Å². The topological polar surface area (TPSA) is 84.4 Å². The molecule has 0 bridgehead atoms. The van der Waals surface area contributed by atoms with Gasteiger partial charge in [0.2, 0.25) is 5.91 Å². The van der Waals surface area contributed by atoms with Gasteiger partial charge in [-0.05, 0) is 55.1 Å². The van der Waals surface area contributed by atoms with Gasteiger partial charge in [0, 0.05) is 71.3 Å². The number of amides is 3. The number of fused-ring (bicyclic) bond motifs is 2.